The minimum absolute atomic E-state index is 0.0166. The maximum absolute atomic E-state index is 9.90. The van der Waals surface area contributed by atoms with E-state index in [1.165, 1.54) is 0 Å². The summed E-state index contributed by atoms with van der Waals surface area (Å²) < 4.78 is 10.2. The van der Waals surface area contributed by atoms with Crippen LogP contribution in [-0.2, 0) is 9.47 Å². The van der Waals surface area contributed by atoms with Crippen LogP contribution >= 0.6 is 0 Å². The zero-order valence-electron chi connectivity index (χ0n) is 10.4. The molecule has 0 fully saturated rings. The van der Waals surface area contributed by atoms with Crippen molar-refractivity contribution in [2.45, 2.75) is 12.2 Å². The number of rotatable bonds is 8. The first kappa shape index (κ1) is 14.1. The number of ether oxygens (including phenoxy) is 2. The second kappa shape index (κ2) is 8.20. The second-order valence-electron chi connectivity index (χ2n) is 3.90. The minimum atomic E-state index is -0.490. The molecule has 4 heteroatoms. The van der Waals surface area contributed by atoms with Crippen LogP contribution in [0.25, 0.3) is 0 Å². The SMILES string of the molecule is COCC(CNCC(O)c1ccccc1)OC. The monoisotopic (exact) mass is 239 g/mol. The molecular formula is C13H21NO3. The largest absolute Gasteiger partial charge is 0.387 e. The van der Waals surface area contributed by atoms with E-state index in [0.717, 1.165) is 5.56 Å². The average Bonchev–Trinajstić information content (AvgIpc) is 2.38. The highest BCUT2D eigenvalue weighted by Crippen LogP contribution is 2.10. The van der Waals surface area contributed by atoms with Gasteiger partial charge in [0.25, 0.3) is 0 Å². The number of benzene rings is 1. The molecule has 2 N–H and O–H groups in total. The van der Waals surface area contributed by atoms with E-state index in [9.17, 15) is 5.11 Å². The molecule has 96 valence electrons. The van der Waals surface area contributed by atoms with Gasteiger partial charge in [-0.3, -0.25) is 0 Å². The quantitative estimate of drug-likeness (QED) is 0.710. The third kappa shape index (κ3) is 5.28. The highest BCUT2D eigenvalue weighted by Gasteiger charge is 2.09. The molecule has 0 heterocycles. The maximum atomic E-state index is 9.90. The molecule has 0 bridgehead atoms. The van der Waals surface area contributed by atoms with Gasteiger partial charge in [0.15, 0.2) is 0 Å². The van der Waals surface area contributed by atoms with Crippen molar-refractivity contribution in [2.75, 3.05) is 33.9 Å². The van der Waals surface area contributed by atoms with E-state index in [0.29, 0.717) is 19.7 Å². The van der Waals surface area contributed by atoms with Gasteiger partial charge >= 0.3 is 0 Å². The first-order valence-electron chi connectivity index (χ1n) is 5.73. The molecule has 1 aromatic rings. The molecule has 0 aromatic heterocycles. The second-order valence-corrected chi connectivity index (χ2v) is 3.90. The predicted octanol–water partition coefficient (Wildman–Crippen LogP) is 0.971. The molecule has 0 saturated carbocycles. The smallest absolute Gasteiger partial charge is 0.0928 e. The van der Waals surface area contributed by atoms with Crippen molar-refractivity contribution in [3.8, 4) is 0 Å². The Kier molecular flexibility index (Phi) is 6.81. The molecular weight excluding hydrogens is 218 g/mol. The lowest BCUT2D eigenvalue weighted by Gasteiger charge is -2.17. The van der Waals surface area contributed by atoms with E-state index in [1.54, 1.807) is 14.2 Å². The summed E-state index contributed by atoms with van der Waals surface area (Å²) in [6.45, 7) is 1.72. The van der Waals surface area contributed by atoms with Gasteiger partial charge in [-0.05, 0) is 5.56 Å². The van der Waals surface area contributed by atoms with Gasteiger partial charge in [0.2, 0.25) is 0 Å². The van der Waals surface area contributed by atoms with Gasteiger partial charge in [-0.2, -0.15) is 0 Å². The molecule has 2 atom stereocenters. The van der Waals surface area contributed by atoms with Crippen LogP contribution in [0.15, 0.2) is 30.3 Å². The van der Waals surface area contributed by atoms with E-state index in [4.69, 9.17) is 9.47 Å². The van der Waals surface area contributed by atoms with Crippen molar-refractivity contribution in [1.82, 2.24) is 5.32 Å². The highest BCUT2D eigenvalue weighted by atomic mass is 16.5. The Morgan fingerprint density at radius 2 is 1.88 bits per heavy atom. The summed E-state index contributed by atoms with van der Waals surface area (Å²) in [7, 11) is 3.30. The summed E-state index contributed by atoms with van der Waals surface area (Å²) in [5.41, 5.74) is 0.917. The fourth-order valence-electron chi connectivity index (χ4n) is 1.57. The summed E-state index contributed by atoms with van der Waals surface area (Å²) in [5, 5.41) is 13.1. The summed E-state index contributed by atoms with van der Waals surface area (Å²) in [5.74, 6) is 0. The first-order chi connectivity index (χ1) is 8.27. The van der Waals surface area contributed by atoms with Gasteiger partial charge in [0.1, 0.15) is 0 Å². The lowest BCUT2D eigenvalue weighted by molar-refractivity contribution is 0.0270. The third-order valence-corrected chi connectivity index (χ3v) is 2.58. The minimum Gasteiger partial charge on any atom is -0.387 e. The first-order valence-corrected chi connectivity index (χ1v) is 5.73. The number of aliphatic hydroxyl groups is 1. The van der Waals surface area contributed by atoms with Gasteiger partial charge in [-0.25, -0.2) is 0 Å². The van der Waals surface area contributed by atoms with Crippen LogP contribution in [0.3, 0.4) is 0 Å². The fourth-order valence-corrected chi connectivity index (χ4v) is 1.57. The van der Waals surface area contributed by atoms with Crippen LogP contribution in [-0.4, -0.2) is 45.1 Å². The van der Waals surface area contributed by atoms with Gasteiger partial charge in [0, 0.05) is 27.3 Å². The van der Waals surface area contributed by atoms with Gasteiger partial charge in [-0.1, -0.05) is 30.3 Å². The molecule has 0 saturated heterocycles. The summed E-state index contributed by atoms with van der Waals surface area (Å²) >= 11 is 0. The number of methoxy groups -OCH3 is 2. The van der Waals surface area contributed by atoms with Crippen molar-refractivity contribution < 1.29 is 14.6 Å². The maximum Gasteiger partial charge on any atom is 0.0928 e. The lowest BCUT2D eigenvalue weighted by Crippen LogP contribution is -2.34. The van der Waals surface area contributed by atoms with E-state index in [-0.39, 0.29) is 6.10 Å². The van der Waals surface area contributed by atoms with Gasteiger partial charge < -0.3 is 19.9 Å². The fraction of sp³-hybridized carbons (Fsp3) is 0.538. The van der Waals surface area contributed by atoms with Crippen LogP contribution in [0, 0.1) is 0 Å². The molecule has 1 rings (SSSR count). The zero-order valence-corrected chi connectivity index (χ0v) is 10.4. The molecule has 2 unspecified atom stereocenters. The van der Waals surface area contributed by atoms with Crippen molar-refractivity contribution in [3.05, 3.63) is 35.9 Å². The van der Waals surface area contributed by atoms with Crippen molar-refractivity contribution in [2.24, 2.45) is 0 Å². The number of nitrogens with one attached hydrogen (secondary N) is 1. The Hall–Kier alpha value is -0.940. The predicted molar refractivity (Wildman–Crippen MR) is 66.9 cm³/mol. The normalized spacial score (nSPS) is 14.5. The number of aliphatic hydroxyl groups excluding tert-OH is 1. The topological polar surface area (TPSA) is 50.7 Å². The third-order valence-electron chi connectivity index (χ3n) is 2.58. The molecule has 0 aliphatic carbocycles. The summed E-state index contributed by atoms with van der Waals surface area (Å²) in [6.07, 6.45) is -0.473. The Morgan fingerprint density at radius 1 is 1.18 bits per heavy atom. The molecule has 1 aromatic carbocycles. The lowest BCUT2D eigenvalue weighted by atomic mass is 10.1. The van der Waals surface area contributed by atoms with E-state index in [1.807, 2.05) is 30.3 Å². The Labute approximate surface area is 103 Å². The van der Waals surface area contributed by atoms with Crippen molar-refractivity contribution in [3.63, 3.8) is 0 Å². The van der Waals surface area contributed by atoms with Crippen LogP contribution in [0.4, 0.5) is 0 Å². The zero-order chi connectivity index (χ0) is 12.5. The standard InChI is InChI=1S/C13H21NO3/c1-16-10-12(17-2)8-14-9-13(15)11-6-4-3-5-7-11/h3-7,12-15H,8-10H2,1-2H3. The van der Waals surface area contributed by atoms with E-state index in [2.05, 4.69) is 5.32 Å². The molecule has 0 amide bonds. The number of hydrogen-bond acceptors (Lipinski definition) is 4. The molecule has 0 aliphatic heterocycles. The Balaban J connectivity index is 2.26. The number of hydrogen-bond donors (Lipinski definition) is 2. The molecule has 0 aliphatic rings. The van der Waals surface area contributed by atoms with Gasteiger partial charge in [0.05, 0.1) is 18.8 Å². The Morgan fingerprint density at radius 3 is 2.47 bits per heavy atom. The molecule has 0 spiro atoms. The van der Waals surface area contributed by atoms with Gasteiger partial charge in [-0.15, -0.1) is 0 Å². The Bertz CT molecular complexity index is 292. The summed E-state index contributed by atoms with van der Waals surface area (Å²) in [4.78, 5) is 0. The average molecular weight is 239 g/mol. The highest BCUT2D eigenvalue weighted by molar-refractivity contribution is 5.17. The molecule has 17 heavy (non-hydrogen) atoms. The molecule has 0 radical (unpaired) electrons. The van der Waals surface area contributed by atoms with Crippen molar-refractivity contribution >= 4 is 0 Å². The molecule has 4 nitrogen and oxygen atoms in total. The van der Waals surface area contributed by atoms with Crippen LogP contribution in [0.1, 0.15) is 11.7 Å². The van der Waals surface area contributed by atoms with Crippen LogP contribution in [0.5, 0.6) is 0 Å². The van der Waals surface area contributed by atoms with E-state index < -0.39 is 6.10 Å². The van der Waals surface area contributed by atoms with Crippen molar-refractivity contribution in [1.29, 1.82) is 0 Å². The van der Waals surface area contributed by atoms with Crippen LogP contribution < -0.4 is 5.32 Å². The summed E-state index contributed by atoms with van der Waals surface area (Å²) in [6, 6.07) is 9.59. The van der Waals surface area contributed by atoms with E-state index >= 15 is 0 Å². The van der Waals surface area contributed by atoms with Crippen LogP contribution in [0.2, 0.25) is 0 Å².